The zero-order valence-corrected chi connectivity index (χ0v) is 17.7. The minimum Gasteiger partial charge on any atom is -0.493 e. The van der Waals surface area contributed by atoms with Crippen molar-refractivity contribution in [2.75, 3.05) is 20.8 Å². The molecule has 0 spiro atoms. The third kappa shape index (κ3) is 5.98. The fourth-order valence-corrected chi connectivity index (χ4v) is 3.10. The van der Waals surface area contributed by atoms with Crippen LogP contribution in [0.25, 0.3) is 0 Å². The number of ether oxygens (including phenoxy) is 4. The predicted octanol–water partition coefficient (Wildman–Crippen LogP) is 4.02. The van der Waals surface area contributed by atoms with Crippen molar-refractivity contribution < 1.29 is 28.5 Å². The Labute approximate surface area is 171 Å². The molecule has 0 aromatic heterocycles. The molecular weight excluding hydrogens is 372 g/mol. The lowest BCUT2D eigenvalue weighted by Crippen LogP contribution is -2.08. The molecule has 2 aromatic rings. The third-order valence-electron chi connectivity index (χ3n) is 4.52. The molecule has 0 bridgehead atoms. The summed E-state index contributed by atoms with van der Waals surface area (Å²) in [5.74, 6) is 0.673. The molecule has 0 aliphatic heterocycles. The van der Waals surface area contributed by atoms with E-state index >= 15 is 0 Å². The largest absolute Gasteiger partial charge is 0.493 e. The molecule has 156 valence electrons. The molecule has 2 aromatic carbocycles. The number of rotatable bonds is 9. The van der Waals surface area contributed by atoms with Gasteiger partial charge in [0.25, 0.3) is 0 Å². The monoisotopic (exact) mass is 400 g/mol. The average molecular weight is 400 g/mol. The molecular formula is C23H28O6. The lowest BCUT2D eigenvalue weighted by Gasteiger charge is -2.18. The SMILES string of the molecule is CCOC(=O)CCc1ccc(Cc2c(C)cc(OC)c(OC)c2OC(C)=O)cc1. The van der Waals surface area contributed by atoms with Crippen LogP contribution in [-0.4, -0.2) is 32.8 Å². The summed E-state index contributed by atoms with van der Waals surface area (Å²) in [5.41, 5.74) is 3.90. The van der Waals surface area contributed by atoms with Gasteiger partial charge in [0.2, 0.25) is 5.75 Å². The molecule has 6 nitrogen and oxygen atoms in total. The zero-order chi connectivity index (χ0) is 21.4. The first-order valence-electron chi connectivity index (χ1n) is 9.55. The van der Waals surface area contributed by atoms with Gasteiger partial charge >= 0.3 is 11.9 Å². The molecule has 0 N–H and O–H groups in total. The lowest BCUT2D eigenvalue weighted by molar-refractivity contribution is -0.143. The van der Waals surface area contributed by atoms with E-state index in [4.69, 9.17) is 18.9 Å². The highest BCUT2D eigenvalue weighted by Crippen LogP contribution is 2.43. The van der Waals surface area contributed by atoms with E-state index in [0.29, 0.717) is 43.1 Å². The molecule has 2 rings (SSSR count). The highest BCUT2D eigenvalue weighted by molar-refractivity contribution is 5.73. The van der Waals surface area contributed by atoms with Gasteiger partial charge in [-0.25, -0.2) is 0 Å². The summed E-state index contributed by atoms with van der Waals surface area (Å²) in [5, 5.41) is 0. The van der Waals surface area contributed by atoms with Gasteiger partial charge in [-0.05, 0) is 43.0 Å². The number of carbonyl (C=O) groups excluding carboxylic acids is 2. The van der Waals surface area contributed by atoms with Gasteiger partial charge in [0.15, 0.2) is 11.5 Å². The summed E-state index contributed by atoms with van der Waals surface area (Å²) in [6.07, 6.45) is 1.55. The average Bonchev–Trinajstić information content (AvgIpc) is 2.69. The molecule has 0 aliphatic carbocycles. The van der Waals surface area contributed by atoms with Crippen LogP contribution in [0.2, 0.25) is 0 Å². The Bertz CT molecular complexity index is 855. The van der Waals surface area contributed by atoms with Gasteiger partial charge in [-0.1, -0.05) is 24.3 Å². The first-order chi connectivity index (χ1) is 13.9. The number of hydrogen-bond donors (Lipinski definition) is 0. The van der Waals surface area contributed by atoms with Gasteiger partial charge < -0.3 is 18.9 Å². The number of hydrogen-bond acceptors (Lipinski definition) is 6. The molecule has 0 saturated carbocycles. The highest BCUT2D eigenvalue weighted by Gasteiger charge is 2.21. The minimum absolute atomic E-state index is 0.191. The zero-order valence-electron chi connectivity index (χ0n) is 17.7. The van der Waals surface area contributed by atoms with Crippen molar-refractivity contribution in [2.45, 2.75) is 40.0 Å². The van der Waals surface area contributed by atoms with Gasteiger partial charge in [0, 0.05) is 25.3 Å². The van der Waals surface area contributed by atoms with E-state index in [1.54, 1.807) is 14.0 Å². The van der Waals surface area contributed by atoms with Crippen LogP contribution in [0.5, 0.6) is 17.2 Å². The summed E-state index contributed by atoms with van der Waals surface area (Å²) in [6.45, 7) is 5.49. The normalized spacial score (nSPS) is 10.4. The van der Waals surface area contributed by atoms with Crippen molar-refractivity contribution in [3.8, 4) is 17.2 Å². The summed E-state index contributed by atoms with van der Waals surface area (Å²) in [7, 11) is 3.06. The van der Waals surface area contributed by atoms with Gasteiger partial charge in [-0.2, -0.15) is 0 Å². The Kier molecular flexibility index (Phi) is 8.07. The Balaban J connectivity index is 2.26. The molecule has 0 aliphatic rings. The number of esters is 2. The Morgan fingerprint density at radius 3 is 2.17 bits per heavy atom. The molecule has 0 atom stereocenters. The Hall–Kier alpha value is -3.02. The first-order valence-corrected chi connectivity index (χ1v) is 9.55. The van der Waals surface area contributed by atoms with Gasteiger partial charge in [0.1, 0.15) is 0 Å². The van der Waals surface area contributed by atoms with Crippen LogP contribution in [0.1, 0.15) is 42.5 Å². The molecule has 0 saturated heterocycles. The second-order valence-electron chi connectivity index (χ2n) is 6.63. The Morgan fingerprint density at radius 2 is 1.62 bits per heavy atom. The molecule has 0 heterocycles. The standard InChI is InChI=1S/C23H28O6/c1-6-28-21(25)12-11-17-7-9-18(10-8-17)14-19-15(2)13-20(26-4)23(27-5)22(19)29-16(3)24/h7-10,13H,6,11-12,14H2,1-5H3. The predicted molar refractivity (Wildman–Crippen MR) is 110 cm³/mol. The topological polar surface area (TPSA) is 71.1 Å². The maximum absolute atomic E-state index is 11.7. The van der Waals surface area contributed by atoms with Crippen molar-refractivity contribution >= 4 is 11.9 Å². The van der Waals surface area contributed by atoms with E-state index < -0.39 is 5.97 Å². The highest BCUT2D eigenvalue weighted by atomic mass is 16.6. The van der Waals surface area contributed by atoms with E-state index in [0.717, 1.165) is 22.3 Å². The lowest BCUT2D eigenvalue weighted by atomic mass is 9.97. The summed E-state index contributed by atoms with van der Waals surface area (Å²) in [6, 6.07) is 9.88. The summed E-state index contributed by atoms with van der Waals surface area (Å²) >= 11 is 0. The maximum atomic E-state index is 11.7. The van der Waals surface area contributed by atoms with Crippen LogP contribution in [0.3, 0.4) is 0 Å². The number of aryl methyl sites for hydroxylation is 2. The van der Waals surface area contributed by atoms with E-state index in [9.17, 15) is 9.59 Å². The van der Waals surface area contributed by atoms with Gasteiger partial charge in [-0.15, -0.1) is 0 Å². The minimum atomic E-state index is -0.425. The number of methoxy groups -OCH3 is 2. The fraction of sp³-hybridized carbons (Fsp3) is 0.391. The van der Waals surface area contributed by atoms with Crippen molar-refractivity contribution in [3.05, 3.63) is 52.6 Å². The van der Waals surface area contributed by atoms with E-state index in [2.05, 4.69) is 0 Å². The van der Waals surface area contributed by atoms with Crippen molar-refractivity contribution in [2.24, 2.45) is 0 Å². The second kappa shape index (κ2) is 10.5. The van der Waals surface area contributed by atoms with E-state index in [1.807, 2.05) is 37.3 Å². The Morgan fingerprint density at radius 1 is 0.966 bits per heavy atom. The van der Waals surface area contributed by atoms with Crippen LogP contribution in [-0.2, 0) is 27.2 Å². The molecule has 29 heavy (non-hydrogen) atoms. The van der Waals surface area contributed by atoms with Gasteiger partial charge in [-0.3, -0.25) is 9.59 Å². The van der Waals surface area contributed by atoms with Crippen LogP contribution in [0.4, 0.5) is 0 Å². The fourth-order valence-electron chi connectivity index (χ4n) is 3.10. The van der Waals surface area contributed by atoms with Crippen LogP contribution in [0, 0.1) is 6.92 Å². The van der Waals surface area contributed by atoms with Crippen molar-refractivity contribution in [3.63, 3.8) is 0 Å². The maximum Gasteiger partial charge on any atom is 0.308 e. The van der Waals surface area contributed by atoms with Crippen LogP contribution in [0.15, 0.2) is 30.3 Å². The van der Waals surface area contributed by atoms with Crippen LogP contribution >= 0.6 is 0 Å². The van der Waals surface area contributed by atoms with E-state index in [-0.39, 0.29) is 5.97 Å². The smallest absolute Gasteiger partial charge is 0.308 e. The molecule has 0 radical (unpaired) electrons. The van der Waals surface area contributed by atoms with Crippen molar-refractivity contribution in [1.82, 2.24) is 0 Å². The second-order valence-corrected chi connectivity index (χ2v) is 6.63. The molecule has 6 heteroatoms. The van der Waals surface area contributed by atoms with E-state index in [1.165, 1.54) is 14.0 Å². The number of benzene rings is 2. The summed E-state index contributed by atoms with van der Waals surface area (Å²) in [4.78, 5) is 23.2. The van der Waals surface area contributed by atoms with Crippen molar-refractivity contribution in [1.29, 1.82) is 0 Å². The number of carbonyl (C=O) groups is 2. The summed E-state index contributed by atoms with van der Waals surface area (Å²) < 4.78 is 21.3. The molecule has 0 unspecified atom stereocenters. The molecule has 0 fully saturated rings. The third-order valence-corrected chi connectivity index (χ3v) is 4.52. The quantitative estimate of drug-likeness (QED) is 0.468. The molecule has 0 amide bonds. The van der Waals surface area contributed by atoms with Crippen LogP contribution < -0.4 is 14.2 Å². The van der Waals surface area contributed by atoms with Gasteiger partial charge in [0.05, 0.1) is 20.8 Å². The first kappa shape index (κ1) is 22.3.